The number of methoxy groups -OCH3 is 1. The molecule has 0 heterocycles. The van der Waals surface area contributed by atoms with Crippen LogP contribution >= 0.6 is 11.6 Å². The Morgan fingerprint density at radius 1 is 1.08 bits per heavy atom. The summed E-state index contributed by atoms with van der Waals surface area (Å²) in [6.45, 7) is 0.536. The highest BCUT2D eigenvalue weighted by Crippen LogP contribution is 2.14. The molecular weight excluding hydrogens is 326 g/mol. The van der Waals surface area contributed by atoms with Crippen LogP contribution in [0.3, 0.4) is 0 Å². The lowest BCUT2D eigenvalue weighted by atomic mass is 10.1. The SMILES string of the molecule is COc1cccc(C(=O)CCC(=O)NCCc2ccc(Cl)cc2)c1. The van der Waals surface area contributed by atoms with Gasteiger partial charge in [0.2, 0.25) is 5.91 Å². The molecule has 1 amide bonds. The number of Topliss-reactive ketones (excluding diaryl/α,β-unsaturated/α-hetero) is 1. The lowest BCUT2D eigenvalue weighted by Gasteiger charge is -2.06. The molecule has 2 rings (SSSR count). The molecule has 0 aliphatic heterocycles. The van der Waals surface area contributed by atoms with E-state index in [0.717, 1.165) is 12.0 Å². The standard InChI is InChI=1S/C19H20ClNO3/c1-24-17-4-2-3-15(13-17)18(22)9-10-19(23)21-12-11-14-5-7-16(20)8-6-14/h2-8,13H,9-12H2,1H3,(H,21,23). The van der Waals surface area contributed by atoms with Gasteiger partial charge in [-0.25, -0.2) is 0 Å². The fraction of sp³-hybridized carbons (Fsp3) is 0.263. The summed E-state index contributed by atoms with van der Waals surface area (Å²) >= 11 is 5.83. The van der Waals surface area contributed by atoms with Crippen LogP contribution in [-0.4, -0.2) is 25.3 Å². The van der Waals surface area contributed by atoms with Crippen LogP contribution in [0.1, 0.15) is 28.8 Å². The molecule has 2 aromatic rings. The third-order valence-electron chi connectivity index (χ3n) is 3.62. The lowest BCUT2D eigenvalue weighted by molar-refractivity contribution is -0.121. The van der Waals surface area contributed by atoms with Crippen LogP contribution in [0, 0.1) is 0 Å². The van der Waals surface area contributed by atoms with Gasteiger partial charge in [-0.1, -0.05) is 35.9 Å². The minimum absolute atomic E-state index is 0.0678. The Morgan fingerprint density at radius 3 is 2.54 bits per heavy atom. The zero-order chi connectivity index (χ0) is 17.4. The van der Waals surface area contributed by atoms with E-state index in [0.29, 0.717) is 22.9 Å². The van der Waals surface area contributed by atoms with Gasteiger partial charge in [-0.2, -0.15) is 0 Å². The number of amides is 1. The van der Waals surface area contributed by atoms with Gasteiger partial charge in [0.15, 0.2) is 5.78 Å². The van der Waals surface area contributed by atoms with E-state index < -0.39 is 0 Å². The van der Waals surface area contributed by atoms with E-state index in [2.05, 4.69) is 5.32 Å². The van der Waals surface area contributed by atoms with Crippen molar-refractivity contribution in [2.75, 3.05) is 13.7 Å². The molecule has 0 saturated heterocycles. The van der Waals surface area contributed by atoms with Crippen molar-refractivity contribution < 1.29 is 14.3 Å². The number of ether oxygens (including phenoxy) is 1. The first-order valence-electron chi connectivity index (χ1n) is 7.77. The molecule has 126 valence electrons. The van der Waals surface area contributed by atoms with Gasteiger partial charge < -0.3 is 10.1 Å². The van der Waals surface area contributed by atoms with Crippen molar-refractivity contribution in [1.82, 2.24) is 5.32 Å². The molecule has 1 N–H and O–H groups in total. The second-order valence-electron chi connectivity index (χ2n) is 5.38. The highest BCUT2D eigenvalue weighted by atomic mass is 35.5. The first kappa shape index (κ1) is 18.0. The fourth-order valence-corrected chi connectivity index (χ4v) is 2.38. The largest absolute Gasteiger partial charge is 0.497 e. The maximum atomic E-state index is 12.1. The third-order valence-corrected chi connectivity index (χ3v) is 3.87. The summed E-state index contributed by atoms with van der Waals surface area (Å²) in [6.07, 6.45) is 1.09. The van der Waals surface area contributed by atoms with E-state index in [1.807, 2.05) is 24.3 Å². The molecule has 0 fully saturated rings. The highest BCUT2D eigenvalue weighted by Gasteiger charge is 2.10. The van der Waals surface area contributed by atoms with Gasteiger partial charge in [-0.15, -0.1) is 0 Å². The minimum atomic E-state index is -0.125. The molecule has 2 aromatic carbocycles. The Morgan fingerprint density at radius 2 is 1.83 bits per heavy atom. The van der Waals surface area contributed by atoms with Gasteiger partial charge >= 0.3 is 0 Å². The number of halogens is 1. The zero-order valence-electron chi connectivity index (χ0n) is 13.5. The van der Waals surface area contributed by atoms with E-state index in [1.54, 1.807) is 31.4 Å². The molecule has 5 heteroatoms. The Kier molecular flexibility index (Phi) is 6.82. The predicted octanol–water partition coefficient (Wildman–Crippen LogP) is 3.67. The molecule has 0 aliphatic rings. The van der Waals surface area contributed by atoms with Gasteiger partial charge in [0.25, 0.3) is 0 Å². The number of carbonyl (C=O) groups excluding carboxylic acids is 2. The average molecular weight is 346 g/mol. The molecule has 0 atom stereocenters. The van der Waals surface area contributed by atoms with Gasteiger partial charge in [0.05, 0.1) is 7.11 Å². The summed E-state index contributed by atoms with van der Waals surface area (Å²) in [6, 6.07) is 14.5. The quantitative estimate of drug-likeness (QED) is 0.743. The maximum Gasteiger partial charge on any atom is 0.220 e. The molecule has 24 heavy (non-hydrogen) atoms. The first-order valence-corrected chi connectivity index (χ1v) is 8.14. The van der Waals surface area contributed by atoms with Crippen molar-refractivity contribution in [2.45, 2.75) is 19.3 Å². The molecule has 0 bridgehead atoms. The molecule has 0 saturated carbocycles. The lowest BCUT2D eigenvalue weighted by Crippen LogP contribution is -2.26. The second kappa shape index (κ2) is 9.08. The molecule has 0 spiro atoms. The van der Waals surface area contributed by atoms with E-state index in [1.165, 1.54) is 0 Å². The maximum absolute atomic E-state index is 12.1. The van der Waals surface area contributed by atoms with Crippen LogP contribution in [-0.2, 0) is 11.2 Å². The molecular formula is C19H20ClNO3. The number of hydrogen-bond acceptors (Lipinski definition) is 3. The van der Waals surface area contributed by atoms with Gasteiger partial charge in [-0.05, 0) is 36.2 Å². The van der Waals surface area contributed by atoms with Gasteiger partial charge in [-0.3, -0.25) is 9.59 Å². The van der Waals surface area contributed by atoms with Gasteiger partial charge in [0.1, 0.15) is 5.75 Å². The minimum Gasteiger partial charge on any atom is -0.497 e. The Hall–Kier alpha value is -2.33. The Balaban J connectivity index is 1.72. The number of nitrogens with one attached hydrogen (secondary N) is 1. The van der Waals surface area contributed by atoms with Crippen molar-refractivity contribution in [1.29, 1.82) is 0 Å². The van der Waals surface area contributed by atoms with Crippen LogP contribution in [0.25, 0.3) is 0 Å². The number of hydrogen-bond donors (Lipinski definition) is 1. The van der Waals surface area contributed by atoms with Crippen LogP contribution in [0.2, 0.25) is 5.02 Å². The van der Waals surface area contributed by atoms with Crippen molar-refractivity contribution >= 4 is 23.3 Å². The predicted molar refractivity (Wildman–Crippen MR) is 94.7 cm³/mol. The van der Waals surface area contributed by atoms with Crippen LogP contribution in [0.5, 0.6) is 5.75 Å². The zero-order valence-corrected chi connectivity index (χ0v) is 14.3. The summed E-state index contributed by atoms with van der Waals surface area (Å²) in [4.78, 5) is 23.9. The van der Waals surface area contributed by atoms with Crippen LogP contribution in [0.4, 0.5) is 0 Å². The summed E-state index contributed by atoms with van der Waals surface area (Å²) in [7, 11) is 1.55. The summed E-state index contributed by atoms with van der Waals surface area (Å²) in [5.41, 5.74) is 1.66. The van der Waals surface area contributed by atoms with Crippen molar-refractivity contribution in [3.63, 3.8) is 0 Å². The topological polar surface area (TPSA) is 55.4 Å². The van der Waals surface area contributed by atoms with Crippen LogP contribution in [0.15, 0.2) is 48.5 Å². The molecule has 4 nitrogen and oxygen atoms in total. The van der Waals surface area contributed by atoms with Crippen LogP contribution < -0.4 is 10.1 Å². The van der Waals surface area contributed by atoms with E-state index in [4.69, 9.17) is 16.3 Å². The number of benzene rings is 2. The summed E-state index contributed by atoms with van der Waals surface area (Å²) in [5, 5.41) is 3.52. The highest BCUT2D eigenvalue weighted by molar-refractivity contribution is 6.30. The first-order chi connectivity index (χ1) is 11.6. The van der Waals surface area contributed by atoms with E-state index >= 15 is 0 Å². The summed E-state index contributed by atoms with van der Waals surface area (Å²) < 4.78 is 5.09. The van der Waals surface area contributed by atoms with E-state index in [9.17, 15) is 9.59 Å². The number of carbonyl (C=O) groups is 2. The molecule has 0 aromatic heterocycles. The molecule has 0 radical (unpaired) electrons. The van der Waals surface area contributed by atoms with Gasteiger partial charge in [0, 0.05) is 30.0 Å². The fourth-order valence-electron chi connectivity index (χ4n) is 2.25. The second-order valence-corrected chi connectivity index (χ2v) is 5.82. The Bertz CT molecular complexity index is 698. The van der Waals surface area contributed by atoms with Crippen molar-refractivity contribution in [3.05, 3.63) is 64.7 Å². The summed E-state index contributed by atoms with van der Waals surface area (Å²) in [5.74, 6) is 0.440. The average Bonchev–Trinajstić information content (AvgIpc) is 2.61. The Labute approximate surface area is 146 Å². The monoisotopic (exact) mass is 345 g/mol. The normalized spacial score (nSPS) is 10.2. The molecule has 0 aliphatic carbocycles. The number of rotatable bonds is 8. The molecule has 0 unspecified atom stereocenters. The third kappa shape index (κ3) is 5.70. The van der Waals surface area contributed by atoms with Crippen molar-refractivity contribution in [3.8, 4) is 5.75 Å². The van der Waals surface area contributed by atoms with E-state index in [-0.39, 0.29) is 24.5 Å². The number of ketones is 1. The smallest absolute Gasteiger partial charge is 0.220 e. The van der Waals surface area contributed by atoms with Crippen molar-refractivity contribution in [2.24, 2.45) is 0 Å².